The third-order valence-electron chi connectivity index (χ3n) is 2.28. The second-order valence-electron chi connectivity index (χ2n) is 3.66. The Kier molecular flexibility index (Phi) is 5.79. The van der Waals surface area contributed by atoms with Crippen LogP contribution in [0.2, 0.25) is 0 Å². The van der Waals surface area contributed by atoms with E-state index in [0.717, 1.165) is 0 Å². The number of primary amides is 1. The molecule has 8 heteroatoms. The molecule has 0 fully saturated rings. The van der Waals surface area contributed by atoms with Gasteiger partial charge in [-0.1, -0.05) is 6.92 Å². The van der Waals surface area contributed by atoms with E-state index < -0.39 is 23.6 Å². The highest BCUT2D eigenvalue weighted by Gasteiger charge is 2.32. The Morgan fingerprint density at radius 2 is 1.76 bits per heavy atom. The number of carboxylic acids is 1. The fraction of sp³-hybridized carbons (Fsp3) is 0.667. The summed E-state index contributed by atoms with van der Waals surface area (Å²) in [5.41, 5.74) is 3.51. The van der Waals surface area contributed by atoms with Crippen molar-refractivity contribution in [1.82, 2.24) is 16.0 Å². The minimum absolute atomic E-state index is 0.161. The quantitative estimate of drug-likeness (QED) is 0.392. The number of hydrogen-bond donors (Lipinski definition) is 5. The van der Waals surface area contributed by atoms with Crippen molar-refractivity contribution in [3.05, 3.63) is 0 Å². The van der Waals surface area contributed by atoms with E-state index in [1.54, 1.807) is 6.92 Å². The molecule has 0 radical (unpaired) electrons. The van der Waals surface area contributed by atoms with Gasteiger partial charge >= 0.3 is 18.0 Å². The molecule has 1 unspecified atom stereocenters. The van der Waals surface area contributed by atoms with Crippen LogP contribution in [-0.4, -0.2) is 41.8 Å². The summed E-state index contributed by atoms with van der Waals surface area (Å²) in [4.78, 5) is 32.5. The summed E-state index contributed by atoms with van der Waals surface area (Å²) in [5, 5.41) is 15.9. The van der Waals surface area contributed by atoms with Crippen molar-refractivity contribution >= 4 is 18.0 Å². The number of amides is 4. The lowest BCUT2D eigenvalue weighted by atomic mass is 10.00. The average Bonchev–Trinajstić information content (AvgIpc) is 2.23. The predicted molar refractivity (Wildman–Crippen MR) is 60.5 cm³/mol. The van der Waals surface area contributed by atoms with Gasteiger partial charge in [-0.15, -0.1) is 0 Å². The molecule has 6 N–H and O–H groups in total. The van der Waals surface area contributed by atoms with E-state index in [-0.39, 0.29) is 19.5 Å². The van der Waals surface area contributed by atoms with Crippen LogP contribution in [-0.2, 0) is 4.79 Å². The summed E-state index contributed by atoms with van der Waals surface area (Å²) in [6.45, 7) is 3.41. The maximum Gasteiger partial charge on any atom is 0.329 e. The molecule has 0 aliphatic heterocycles. The lowest BCUT2D eigenvalue weighted by molar-refractivity contribution is -0.143. The van der Waals surface area contributed by atoms with Crippen LogP contribution in [0.4, 0.5) is 9.59 Å². The minimum Gasteiger partial charge on any atom is -0.480 e. The number of hydrogen-bond acceptors (Lipinski definition) is 3. The molecule has 0 aromatic heterocycles. The van der Waals surface area contributed by atoms with E-state index in [1.807, 2.05) is 0 Å². The average molecular weight is 246 g/mol. The molecule has 1 atom stereocenters. The van der Waals surface area contributed by atoms with Gasteiger partial charge in [0.15, 0.2) is 0 Å². The first-order valence-corrected chi connectivity index (χ1v) is 5.14. The third kappa shape index (κ3) is 5.59. The van der Waals surface area contributed by atoms with Gasteiger partial charge in [0.2, 0.25) is 0 Å². The zero-order valence-electron chi connectivity index (χ0n) is 9.87. The van der Waals surface area contributed by atoms with Crippen LogP contribution in [0.25, 0.3) is 0 Å². The number of nitrogens with two attached hydrogens (primary N) is 1. The normalized spacial score (nSPS) is 13.3. The zero-order valence-corrected chi connectivity index (χ0v) is 9.87. The number of carbonyl (C=O) groups excluding carboxylic acids is 2. The van der Waals surface area contributed by atoms with Crippen LogP contribution in [0.1, 0.15) is 20.3 Å². The molecule has 17 heavy (non-hydrogen) atoms. The van der Waals surface area contributed by atoms with E-state index in [4.69, 9.17) is 10.8 Å². The van der Waals surface area contributed by atoms with E-state index in [1.165, 1.54) is 6.92 Å². The number of carbonyl (C=O) groups is 3. The van der Waals surface area contributed by atoms with Gasteiger partial charge in [-0.05, 0) is 13.3 Å². The Balaban J connectivity index is 4.00. The summed E-state index contributed by atoms with van der Waals surface area (Å²) < 4.78 is 0. The third-order valence-corrected chi connectivity index (χ3v) is 2.28. The minimum atomic E-state index is -1.30. The molecule has 0 aromatic rings. The van der Waals surface area contributed by atoms with Crippen molar-refractivity contribution < 1.29 is 19.5 Å². The van der Waals surface area contributed by atoms with Gasteiger partial charge in [0.25, 0.3) is 0 Å². The largest absolute Gasteiger partial charge is 0.480 e. The van der Waals surface area contributed by atoms with Crippen LogP contribution in [0.3, 0.4) is 0 Å². The summed E-state index contributed by atoms with van der Waals surface area (Å²) in [5.74, 6) is -1.11. The Morgan fingerprint density at radius 1 is 1.24 bits per heavy atom. The summed E-state index contributed by atoms with van der Waals surface area (Å²) >= 11 is 0. The smallest absolute Gasteiger partial charge is 0.329 e. The molecular weight excluding hydrogens is 228 g/mol. The summed E-state index contributed by atoms with van der Waals surface area (Å²) in [6, 6.07) is -1.29. The Morgan fingerprint density at radius 3 is 2.18 bits per heavy atom. The van der Waals surface area contributed by atoms with Crippen LogP contribution in [0, 0.1) is 0 Å². The second-order valence-corrected chi connectivity index (χ2v) is 3.66. The van der Waals surface area contributed by atoms with Crippen molar-refractivity contribution in [3.63, 3.8) is 0 Å². The fourth-order valence-electron chi connectivity index (χ4n) is 0.950. The predicted octanol–water partition coefficient (Wildman–Crippen LogP) is -0.793. The maximum atomic E-state index is 11.3. The Hall–Kier alpha value is -1.99. The van der Waals surface area contributed by atoms with E-state index in [9.17, 15) is 14.4 Å². The van der Waals surface area contributed by atoms with Gasteiger partial charge in [0.05, 0.1) is 0 Å². The van der Waals surface area contributed by atoms with Gasteiger partial charge in [-0.2, -0.15) is 0 Å². The molecule has 0 saturated heterocycles. The molecule has 0 aliphatic carbocycles. The first-order valence-electron chi connectivity index (χ1n) is 5.14. The Labute approximate surface area is 98.9 Å². The van der Waals surface area contributed by atoms with E-state index >= 15 is 0 Å². The molecular formula is C9H18N4O4. The fourth-order valence-corrected chi connectivity index (χ4v) is 0.950. The SMILES string of the molecule is CCC(C)(NC(=O)NCCNC(N)=O)C(=O)O. The first kappa shape index (κ1) is 15.0. The van der Waals surface area contributed by atoms with Crippen molar-refractivity contribution in [2.75, 3.05) is 13.1 Å². The standard InChI is InChI=1S/C9H18N4O4/c1-3-9(2,6(14)15)13-8(17)12-5-4-11-7(10)16/h3-5H2,1-2H3,(H,14,15)(H3,10,11,16)(H2,12,13,17). The molecule has 0 bridgehead atoms. The van der Waals surface area contributed by atoms with Crippen LogP contribution < -0.4 is 21.7 Å². The molecule has 8 nitrogen and oxygen atoms in total. The lowest BCUT2D eigenvalue weighted by Gasteiger charge is -2.24. The highest BCUT2D eigenvalue weighted by molar-refractivity contribution is 5.85. The molecule has 0 aromatic carbocycles. The summed E-state index contributed by atoms with van der Waals surface area (Å²) in [7, 11) is 0. The number of nitrogens with one attached hydrogen (secondary N) is 3. The number of rotatable bonds is 6. The van der Waals surface area contributed by atoms with Gasteiger partial charge in [-0.25, -0.2) is 14.4 Å². The topological polar surface area (TPSA) is 134 Å². The van der Waals surface area contributed by atoms with Crippen molar-refractivity contribution in [3.8, 4) is 0 Å². The number of aliphatic carboxylic acids is 1. The van der Waals surface area contributed by atoms with Gasteiger partial charge in [-0.3, -0.25) is 0 Å². The first-order chi connectivity index (χ1) is 7.81. The van der Waals surface area contributed by atoms with Crippen molar-refractivity contribution in [1.29, 1.82) is 0 Å². The number of carboxylic acid groups (broad SMARTS) is 1. The van der Waals surface area contributed by atoms with Crippen molar-refractivity contribution in [2.45, 2.75) is 25.8 Å². The molecule has 0 saturated carbocycles. The molecule has 0 spiro atoms. The van der Waals surface area contributed by atoms with Crippen LogP contribution in [0.5, 0.6) is 0 Å². The molecule has 0 aliphatic rings. The highest BCUT2D eigenvalue weighted by atomic mass is 16.4. The molecule has 0 rings (SSSR count). The van der Waals surface area contributed by atoms with Gasteiger partial charge in [0, 0.05) is 13.1 Å². The molecule has 98 valence electrons. The maximum absolute atomic E-state index is 11.3. The number of urea groups is 2. The molecule has 4 amide bonds. The van der Waals surface area contributed by atoms with Crippen molar-refractivity contribution in [2.24, 2.45) is 5.73 Å². The zero-order chi connectivity index (χ0) is 13.5. The van der Waals surface area contributed by atoms with Crippen LogP contribution >= 0.6 is 0 Å². The summed E-state index contributed by atoms with van der Waals surface area (Å²) in [6.07, 6.45) is 0.259. The monoisotopic (exact) mass is 246 g/mol. The van der Waals surface area contributed by atoms with E-state index in [0.29, 0.717) is 0 Å². The highest BCUT2D eigenvalue weighted by Crippen LogP contribution is 2.08. The Bertz CT molecular complexity index is 307. The molecule has 0 heterocycles. The second kappa shape index (κ2) is 6.56. The van der Waals surface area contributed by atoms with Crippen LogP contribution in [0.15, 0.2) is 0 Å². The van der Waals surface area contributed by atoms with Gasteiger partial charge < -0.3 is 26.8 Å². The van der Waals surface area contributed by atoms with E-state index in [2.05, 4.69) is 16.0 Å². The van der Waals surface area contributed by atoms with Gasteiger partial charge in [0.1, 0.15) is 5.54 Å². The lowest BCUT2D eigenvalue weighted by Crippen LogP contribution is -2.55.